The van der Waals surface area contributed by atoms with Crippen molar-refractivity contribution in [2.45, 2.75) is 50.2 Å². The van der Waals surface area contributed by atoms with Gasteiger partial charge in [0.25, 0.3) is 0 Å². The van der Waals surface area contributed by atoms with E-state index in [4.69, 9.17) is 4.52 Å². The minimum Gasteiger partial charge on any atom is -0.360 e. The van der Waals surface area contributed by atoms with E-state index in [1.807, 2.05) is 4.68 Å². The lowest BCUT2D eigenvalue weighted by Gasteiger charge is -2.10. The van der Waals surface area contributed by atoms with Crippen molar-refractivity contribution in [2.24, 2.45) is 0 Å². The van der Waals surface area contributed by atoms with E-state index in [0.717, 1.165) is 18.0 Å². The highest BCUT2D eigenvalue weighted by Crippen LogP contribution is 2.31. The second-order valence-electron chi connectivity index (χ2n) is 5.31. The molecule has 2 aromatic rings. The fraction of sp³-hybridized carbons (Fsp3) is 0.615. The summed E-state index contributed by atoms with van der Waals surface area (Å²) in [4.78, 5) is 11.8. The molecule has 2 heterocycles. The van der Waals surface area contributed by atoms with Crippen LogP contribution in [0.2, 0.25) is 0 Å². The number of nitrogens with zero attached hydrogens (tertiary/aromatic N) is 5. The van der Waals surface area contributed by atoms with Crippen molar-refractivity contribution in [3.8, 4) is 0 Å². The van der Waals surface area contributed by atoms with Gasteiger partial charge in [-0.3, -0.25) is 4.79 Å². The number of nitrogens with one attached hydrogen (secondary N) is 1. The fourth-order valence-electron chi connectivity index (χ4n) is 2.52. The van der Waals surface area contributed by atoms with Crippen LogP contribution in [0.4, 0.5) is 5.82 Å². The Labute approximate surface area is 132 Å². The number of amides is 1. The first kappa shape index (κ1) is 15.0. The van der Waals surface area contributed by atoms with Gasteiger partial charge >= 0.3 is 0 Å². The topological polar surface area (TPSA) is 98.7 Å². The average Bonchev–Trinajstić information content (AvgIpc) is 3.20. The van der Waals surface area contributed by atoms with Gasteiger partial charge in [-0.25, -0.2) is 4.68 Å². The molecule has 22 heavy (non-hydrogen) atoms. The first-order valence-electron chi connectivity index (χ1n) is 7.36. The molecule has 1 aliphatic carbocycles. The van der Waals surface area contributed by atoms with Gasteiger partial charge in [0.15, 0.2) is 5.82 Å². The quantitative estimate of drug-likeness (QED) is 0.814. The van der Waals surface area contributed by atoms with Crippen LogP contribution in [0.3, 0.4) is 0 Å². The SMILES string of the molecule is Cc1cc(NC(=O)CCSc2nnnn2C2CCCC2)no1. The summed E-state index contributed by atoms with van der Waals surface area (Å²) in [6, 6.07) is 2.09. The number of hydrogen-bond acceptors (Lipinski definition) is 7. The highest BCUT2D eigenvalue weighted by Gasteiger charge is 2.21. The smallest absolute Gasteiger partial charge is 0.226 e. The van der Waals surface area contributed by atoms with Crippen molar-refractivity contribution in [2.75, 3.05) is 11.1 Å². The van der Waals surface area contributed by atoms with Crippen LogP contribution in [0.5, 0.6) is 0 Å². The van der Waals surface area contributed by atoms with Crippen LogP contribution in [0.25, 0.3) is 0 Å². The Bertz CT molecular complexity index is 634. The Hall–Kier alpha value is -1.90. The van der Waals surface area contributed by atoms with E-state index in [-0.39, 0.29) is 5.91 Å². The van der Waals surface area contributed by atoms with Gasteiger partial charge in [-0.2, -0.15) is 0 Å². The zero-order chi connectivity index (χ0) is 15.4. The summed E-state index contributed by atoms with van der Waals surface area (Å²) in [7, 11) is 0. The molecule has 0 aliphatic heterocycles. The molecule has 1 N–H and O–H groups in total. The fourth-order valence-corrected chi connectivity index (χ4v) is 3.41. The molecule has 1 saturated carbocycles. The van der Waals surface area contributed by atoms with Gasteiger partial charge in [0.05, 0.1) is 6.04 Å². The molecule has 1 aliphatic rings. The van der Waals surface area contributed by atoms with E-state index < -0.39 is 0 Å². The van der Waals surface area contributed by atoms with Crippen LogP contribution in [0.1, 0.15) is 43.9 Å². The number of carbonyl (C=O) groups excluding carboxylic acids is 1. The van der Waals surface area contributed by atoms with E-state index in [2.05, 4.69) is 26.0 Å². The third-order valence-electron chi connectivity index (χ3n) is 3.59. The molecule has 9 heteroatoms. The van der Waals surface area contributed by atoms with Crippen molar-refractivity contribution < 1.29 is 9.32 Å². The van der Waals surface area contributed by atoms with Crippen LogP contribution < -0.4 is 5.32 Å². The summed E-state index contributed by atoms with van der Waals surface area (Å²) in [5, 5.41) is 19.1. The minimum atomic E-state index is -0.0966. The predicted octanol–water partition coefficient (Wildman–Crippen LogP) is 2.21. The zero-order valence-corrected chi connectivity index (χ0v) is 13.2. The van der Waals surface area contributed by atoms with Crippen molar-refractivity contribution in [3.63, 3.8) is 0 Å². The van der Waals surface area contributed by atoms with E-state index in [1.54, 1.807) is 13.0 Å². The molecule has 118 valence electrons. The van der Waals surface area contributed by atoms with Gasteiger partial charge in [-0.1, -0.05) is 29.8 Å². The molecule has 0 unspecified atom stereocenters. The Morgan fingerprint density at radius 1 is 1.50 bits per heavy atom. The first-order valence-corrected chi connectivity index (χ1v) is 8.35. The summed E-state index contributed by atoms with van der Waals surface area (Å²) in [5.74, 6) is 1.64. The Morgan fingerprint density at radius 3 is 3.05 bits per heavy atom. The Kier molecular flexibility index (Phi) is 4.71. The third-order valence-corrected chi connectivity index (χ3v) is 4.52. The summed E-state index contributed by atoms with van der Waals surface area (Å²) < 4.78 is 6.80. The van der Waals surface area contributed by atoms with Gasteiger partial charge in [-0.05, 0) is 30.2 Å². The van der Waals surface area contributed by atoms with Gasteiger partial charge in [0.2, 0.25) is 11.1 Å². The molecular formula is C13H18N6O2S. The third kappa shape index (κ3) is 3.65. The van der Waals surface area contributed by atoms with E-state index >= 15 is 0 Å². The molecule has 0 atom stereocenters. The second-order valence-corrected chi connectivity index (χ2v) is 6.38. The van der Waals surface area contributed by atoms with E-state index in [9.17, 15) is 4.79 Å². The minimum absolute atomic E-state index is 0.0966. The maximum Gasteiger partial charge on any atom is 0.226 e. The molecule has 0 bridgehead atoms. The average molecular weight is 322 g/mol. The Balaban J connectivity index is 1.47. The van der Waals surface area contributed by atoms with Crippen LogP contribution in [-0.4, -0.2) is 37.0 Å². The molecule has 0 radical (unpaired) electrons. The van der Waals surface area contributed by atoms with Crippen molar-refractivity contribution in [1.29, 1.82) is 0 Å². The molecule has 0 spiro atoms. The summed E-state index contributed by atoms with van der Waals surface area (Å²) in [6.45, 7) is 1.78. The van der Waals surface area contributed by atoms with E-state index in [1.165, 1.54) is 24.6 Å². The number of hydrogen-bond donors (Lipinski definition) is 1. The van der Waals surface area contributed by atoms with Crippen LogP contribution >= 0.6 is 11.8 Å². The van der Waals surface area contributed by atoms with Gasteiger partial charge in [0.1, 0.15) is 5.76 Å². The molecule has 0 saturated heterocycles. The van der Waals surface area contributed by atoms with Crippen LogP contribution in [-0.2, 0) is 4.79 Å². The molecule has 1 amide bonds. The summed E-state index contributed by atoms with van der Waals surface area (Å²) in [6.07, 6.45) is 5.09. The lowest BCUT2D eigenvalue weighted by Crippen LogP contribution is -2.13. The molecule has 2 aromatic heterocycles. The van der Waals surface area contributed by atoms with Crippen molar-refractivity contribution >= 4 is 23.5 Å². The molecule has 8 nitrogen and oxygen atoms in total. The number of aromatic nitrogens is 5. The number of thioether (sulfide) groups is 1. The standard InChI is InChI=1S/C13H18N6O2S/c1-9-8-11(16-21-9)14-12(20)6-7-22-13-15-17-18-19(13)10-4-2-3-5-10/h8,10H,2-7H2,1H3,(H,14,16,20). The number of anilines is 1. The highest BCUT2D eigenvalue weighted by molar-refractivity contribution is 7.99. The Morgan fingerprint density at radius 2 is 2.32 bits per heavy atom. The normalized spacial score (nSPS) is 15.3. The number of carbonyl (C=O) groups is 1. The van der Waals surface area contributed by atoms with E-state index in [0.29, 0.717) is 29.8 Å². The van der Waals surface area contributed by atoms with Crippen LogP contribution in [0, 0.1) is 6.92 Å². The highest BCUT2D eigenvalue weighted by atomic mass is 32.2. The summed E-state index contributed by atoms with van der Waals surface area (Å²) >= 11 is 1.51. The predicted molar refractivity (Wildman–Crippen MR) is 80.5 cm³/mol. The lowest BCUT2D eigenvalue weighted by molar-refractivity contribution is -0.115. The molecule has 0 aromatic carbocycles. The van der Waals surface area contributed by atoms with Gasteiger partial charge in [-0.15, -0.1) is 5.10 Å². The number of aryl methyl sites for hydroxylation is 1. The number of rotatable bonds is 6. The van der Waals surface area contributed by atoms with Crippen molar-refractivity contribution in [3.05, 3.63) is 11.8 Å². The second kappa shape index (κ2) is 6.91. The molecule has 1 fully saturated rings. The van der Waals surface area contributed by atoms with Gasteiger partial charge < -0.3 is 9.84 Å². The van der Waals surface area contributed by atoms with Gasteiger partial charge in [0, 0.05) is 18.2 Å². The maximum absolute atomic E-state index is 11.8. The zero-order valence-electron chi connectivity index (χ0n) is 12.4. The monoisotopic (exact) mass is 322 g/mol. The summed E-state index contributed by atoms with van der Waals surface area (Å²) in [5.41, 5.74) is 0. The maximum atomic E-state index is 11.8. The largest absolute Gasteiger partial charge is 0.360 e. The molecule has 3 rings (SSSR count). The van der Waals surface area contributed by atoms with Crippen LogP contribution in [0.15, 0.2) is 15.7 Å². The molecular weight excluding hydrogens is 304 g/mol. The lowest BCUT2D eigenvalue weighted by atomic mass is 10.3. The first-order chi connectivity index (χ1) is 10.7. The van der Waals surface area contributed by atoms with Crippen molar-refractivity contribution in [1.82, 2.24) is 25.4 Å². The number of tetrazole rings is 1.